The molecule has 9 nitrogen and oxygen atoms in total. The number of nitrogens with zero attached hydrogens (tertiary/aromatic N) is 7. The van der Waals surface area contributed by atoms with Crippen molar-refractivity contribution < 1.29 is 8.42 Å². The summed E-state index contributed by atoms with van der Waals surface area (Å²) in [5.74, 6) is 0. The highest BCUT2D eigenvalue weighted by atomic mass is 32.2. The lowest BCUT2D eigenvalue weighted by Gasteiger charge is -2.20. The molecule has 0 radical (unpaired) electrons. The summed E-state index contributed by atoms with van der Waals surface area (Å²) in [4.78, 5) is 1.63. The number of fused-ring (bicyclic) bond motifs is 1. The van der Waals surface area contributed by atoms with Gasteiger partial charge in [0.1, 0.15) is 4.90 Å². The summed E-state index contributed by atoms with van der Waals surface area (Å²) in [6.45, 7) is 0. The number of hydrogen-bond acceptors (Lipinski definition) is 7. The molecule has 0 saturated heterocycles. The van der Waals surface area contributed by atoms with Gasteiger partial charge in [0.2, 0.25) is 0 Å². The zero-order valence-corrected chi connectivity index (χ0v) is 16.8. The number of rotatable bonds is 5. The van der Waals surface area contributed by atoms with Crippen LogP contribution in [0.25, 0.3) is 5.52 Å². The average molecular weight is 407 g/mol. The number of nitriles is 2. The Balaban J connectivity index is 2.00. The molecular weight excluding hydrogens is 390 g/mol. The molecule has 2 aromatic heterocycles. The van der Waals surface area contributed by atoms with Gasteiger partial charge in [0, 0.05) is 32.9 Å². The number of aromatic nitrogens is 2. The van der Waals surface area contributed by atoms with Gasteiger partial charge in [-0.25, -0.2) is 4.52 Å². The van der Waals surface area contributed by atoms with Crippen LogP contribution in [0, 0.1) is 22.7 Å². The van der Waals surface area contributed by atoms with Crippen LogP contribution in [0.2, 0.25) is 0 Å². The van der Waals surface area contributed by atoms with E-state index in [-0.39, 0.29) is 10.5 Å². The summed E-state index contributed by atoms with van der Waals surface area (Å²) >= 11 is 0. The van der Waals surface area contributed by atoms with Crippen LogP contribution in [0.4, 0.5) is 5.69 Å². The Hall–Kier alpha value is -3.89. The molecule has 0 unspecified atom stereocenters. The van der Waals surface area contributed by atoms with Gasteiger partial charge < -0.3 is 4.90 Å². The molecule has 0 aliphatic rings. The van der Waals surface area contributed by atoms with Crippen molar-refractivity contribution >= 4 is 27.4 Å². The molecule has 0 fully saturated rings. The molecule has 0 saturated carbocycles. The Labute approximate surface area is 168 Å². The lowest BCUT2D eigenvalue weighted by Crippen LogP contribution is -2.24. The number of benzene rings is 1. The second kappa shape index (κ2) is 7.62. The summed E-state index contributed by atoms with van der Waals surface area (Å²) in [6.07, 6.45) is 4.54. The van der Waals surface area contributed by atoms with E-state index in [1.54, 1.807) is 54.0 Å². The Morgan fingerprint density at radius 1 is 1.10 bits per heavy atom. The second-order valence-corrected chi connectivity index (χ2v) is 8.25. The van der Waals surface area contributed by atoms with Crippen molar-refractivity contribution in [2.75, 3.05) is 26.0 Å². The van der Waals surface area contributed by atoms with E-state index in [1.165, 1.54) is 25.5 Å². The molecule has 0 bridgehead atoms. The third-order valence-corrected chi connectivity index (χ3v) is 5.91. The Morgan fingerprint density at radius 2 is 1.79 bits per heavy atom. The highest BCUT2D eigenvalue weighted by Gasteiger charge is 2.24. The van der Waals surface area contributed by atoms with E-state index < -0.39 is 10.0 Å². The molecule has 0 aliphatic heterocycles. The molecule has 3 aromatic rings. The summed E-state index contributed by atoms with van der Waals surface area (Å²) < 4.78 is 28.5. The summed E-state index contributed by atoms with van der Waals surface area (Å²) in [5.41, 5.74) is 2.32. The monoisotopic (exact) mass is 407 g/mol. The first kappa shape index (κ1) is 19.9. The molecular formula is C19H17N7O2S. The first-order chi connectivity index (χ1) is 13.8. The van der Waals surface area contributed by atoms with Gasteiger partial charge in [0.25, 0.3) is 10.0 Å². The van der Waals surface area contributed by atoms with E-state index in [2.05, 4.69) is 16.3 Å². The number of anilines is 1. The van der Waals surface area contributed by atoms with Gasteiger partial charge in [-0.15, -0.1) is 0 Å². The molecule has 0 amide bonds. The number of hydrazone groups is 1. The van der Waals surface area contributed by atoms with E-state index in [0.29, 0.717) is 22.3 Å². The fourth-order valence-corrected chi connectivity index (χ4v) is 3.92. The van der Waals surface area contributed by atoms with Crippen LogP contribution in [0.3, 0.4) is 0 Å². The lowest BCUT2D eigenvalue weighted by atomic mass is 10.2. The summed E-state index contributed by atoms with van der Waals surface area (Å²) in [5, 5.41) is 26.4. The number of pyridine rings is 1. The smallest absolute Gasteiger partial charge is 0.280 e. The van der Waals surface area contributed by atoms with Crippen LogP contribution in [0.5, 0.6) is 0 Å². The molecule has 1 aromatic carbocycles. The molecule has 146 valence electrons. The van der Waals surface area contributed by atoms with Gasteiger partial charge in [-0.2, -0.15) is 33.6 Å². The van der Waals surface area contributed by atoms with Crippen molar-refractivity contribution in [2.24, 2.45) is 5.10 Å². The average Bonchev–Trinajstić information content (AvgIpc) is 3.13. The van der Waals surface area contributed by atoms with Gasteiger partial charge in [0.15, 0.2) is 0 Å². The first-order valence-electron chi connectivity index (χ1n) is 8.40. The van der Waals surface area contributed by atoms with Gasteiger partial charge in [0.05, 0.1) is 46.9 Å². The molecule has 2 heterocycles. The summed E-state index contributed by atoms with van der Waals surface area (Å²) in [6, 6.07) is 11.7. The zero-order valence-electron chi connectivity index (χ0n) is 16.0. The van der Waals surface area contributed by atoms with Crippen molar-refractivity contribution in [2.45, 2.75) is 4.90 Å². The normalized spacial score (nSPS) is 11.3. The van der Waals surface area contributed by atoms with E-state index in [4.69, 9.17) is 10.5 Å². The maximum Gasteiger partial charge on any atom is 0.280 e. The summed E-state index contributed by atoms with van der Waals surface area (Å²) in [7, 11) is 0.748. The molecule has 0 atom stereocenters. The van der Waals surface area contributed by atoms with Crippen molar-refractivity contribution in [3.8, 4) is 12.1 Å². The topological polar surface area (TPSA) is 118 Å². The Morgan fingerprint density at radius 3 is 2.45 bits per heavy atom. The van der Waals surface area contributed by atoms with Crippen molar-refractivity contribution in [1.29, 1.82) is 10.5 Å². The second-order valence-electron chi connectivity index (χ2n) is 6.33. The van der Waals surface area contributed by atoms with Gasteiger partial charge in [-0.1, -0.05) is 0 Å². The van der Waals surface area contributed by atoms with Crippen LogP contribution < -0.4 is 4.90 Å². The van der Waals surface area contributed by atoms with E-state index >= 15 is 0 Å². The van der Waals surface area contributed by atoms with Crippen LogP contribution in [-0.4, -0.2) is 49.8 Å². The van der Waals surface area contributed by atoms with E-state index in [1.807, 2.05) is 6.07 Å². The van der Waals surface area contributed by atoms with Crippen LogP contribution in [0.15, 0.2) is 52.7 Å². The SMILES string of the molecule is CN(C)c1ccc(C#N)cc1S(=O)(=O)N(C)N=Cc1cnn2ccc(C#N)cc12. The van der Waals surface area contributed by atoms with E-state index in [9.17, 15) is 8.42 Å². The van der Waals surface area contributed by atoms with Gasteiger partial charge in [-0.3, -0.25) is 0 Å². The highest BCUT2D eigenvalue weighted by molar-refractivity contribution is 7.89. The minimum absolute atomic E-state index is 0.0205. The quantitative estimate of drug-likeness (QED) is 0.470. The molecule has 0 aliphatic carbocycles. The van der Waals surface area contributed by atoms with Crippen LogP contribution >= 0.6 is 0 Å². The third kappa shape index (κ3) is 3.74. The molecule has 0 N–H and O–H groups in total. The Kier molecular flexibility index (Phi) is 5.22. The first-order valence-corrected chi connectivity index (χ1v) is 9.84. The number of sulfonamides is 1. The predicted octanol–water partition coefficient (Wildman–Crippen LogP) is 1.80. The molecule has 3 rings (SSSR count). The highest BCUT2D eigenvalue weighted by Crippen LogP contribution is 2.27. The lowest BCUT2D eigenvalue weighted by molar-refractivity contribution is 0.491. The molecule has 10 heteroatoms. The predicted molar refractivity (Wildman–Crippen MR) is 108 cm³/mol. The Bertz CT molecular complexity index is 1290. The van der Waals surface area contributed by atoms with Crippen LogP contribution in [0.1, 0.15) is 16.7 Å². The van der Waals surface area contributed by atoms with Crippen molar-refractivity contribution in [1.82, 2.24) is 14.0 Å². The fourth-order valence-electron chi connectivity index (χ4n) is 2.68. The van der Waals surface area contributed by atoms with Gasteiger partial charge in [-0.05, 0) is 30.3 Å². The largest absolute Gasteiger partial charge is 0.377 e. The van der Waals surface area contributed by atoms with Gasteiger partial charge >= 0.3 is 0 Å². The molecule has 0 spiro atoms. The zero-order chi connectivity index (χ0) is 21.2. The maximum atomic E-state index is 13.1. The van der Waals surface area contributed by atoms with Crippen molar-refractivity contribution in [3.05, 3.63) is 59.4 Å². The van der Waals surface area contributed by atoms with E-state index in [0.717, 1.165) is 4.41 Å². The van der Waals surface area contributed by atoms with Crippen LogP contribution in [-0.2, 0) is 10.0 Å². The maximum absolute atomic E-state index is 13.1. The minimum atomic E-state index is -4.00. The molecule has 29 heavy (non-hydrogen) atoms. The van der Waals surface area contributed by atoms with Crippen molar-refractivity contribution in [3.63, 3.8) is 0 Å². The standard InChI is InChI=1S/C19H17N7O2S/c1-24(2)17-5-4-14(10-20)9-19(17)29(27,28)25(3)22-12-16-13-23-26-7-6-15(11-21)8-18(16)26/h4-9,12-13H,1-3H3. The third-order valence-electron chi connectivity index (χ3n) is 4.24. The minimum Gasteiger partial charge on any atom is -0.377 e. The fraction of sp³-hybridized carbons (Fsp3) is 0.158. The number of hydrogen-bond donors (Lipinski definition) is 0.